The SMILES string of the molecule is CO[C@H](c1ccccc1)[C@H](CCc1cccc(C)c1)[Se]c1c([C@@H]2CCCO2)cccc1[C@@H]1CCCO1. The molecule has 2 heterocycles. The van der Waals surface area contributed by atoms with E-state index in [4.69, 9.17) is 14.2 Å². The summed E-state index contributed by atoms with van der Waals surface area (Å²) in [5.41, 5.74) is 6.79. The summed E-state index contributed by atoms with van der Waals surface area (Å²) in [7, 11) is 1.88. The summed E-state index contributed by atoms with van der Waals surface area (Å²) in [5, 5.41) is 0. The Morgan fingerprint density at radius 2 is 1.53 bits per heavy atom. The topological polar surface area (TPSA) is 27.7 Å². The van der Waals surface area contributed by atoms with Crippen LogP contribution in [0.25, 0.3) is 0 Å². The molecule has 0 N–H and O–H groups in total. The van der Waals surface area contributed by atoms with Crippen molar-refractivity contribution in [3.8, 4) is 0 Å². The summed E-state index contributed by atoms with van der Waals surface area (Å²) in [5.74, 6) is 0. The standard InChI is InChI=1S/C32H38O3Se/c1-23-10-6-11-24(22-23)18-19-30(31(33-2)25-12-4-3-5-13-25)36-32-26(28-16-8-20-34-28)14-7-15-27(32)29-17-9-21-35-29/h3-7,10-15,22,28-31H,8-9,16-21H2,1-2H3/t28-,29-,30-,31+/m0/s1. The van der Waals surface area contributed by atoms with Gasteiger partial charge in [-0.15, -0.1) is 0 Å². The number of hydrogen-bond acceptors (Lipinski definition) is 3. The monoisotopic (exact) mass is 550 g/mol. The quantitative estimate of drug-likeness (QED) is 0.259. The van der Waals surface area contributed by atoms with Gasteiger partial charge in [-0.1, -0.05) is 0 Å². The molecule has 4 atom stereocenters. The molecule has 3 aromatic carbocycles. The van der Waals surface area contributed by atoms with E-state index in [9.17, 15) is 0 Å². The molecule has 0 aliphatic carbocycles. The van der Waals surface area contributed by atoms with Gasteiger partial charge >= 0.3 is 223 Å². The van der Waals surface area contributed by atoms with Crippen LogP contribution >= 0.6 is 0 Å². The Balaban J connectivity index is 1.51. The van der Waals surface area contributed by atoms with Crippen molar-refractivity contribution in [1.29, 1.82) is 0 Å². The minimum absolute atomic E-state index is 0.0610. The molecule has 3 nitrogen and oxygen atoms in total. The van der Waals surface area contributed by atoms with Crippen LogP contribution in [0.2, 0.25) is 4.82 Å². The fourth-order valence-corrected chi connectivity index (χ4v) is 8.97. The Bertz CT molecular complexity index is 1070. The van der Waals surface area contributed by atoms with Gasteiger partial charge in [0.25, 0.3) is 0 Å². The molecular weight excluding hydrogens is 511 g/mol. The zero-order chi connectivity index (χ0) is 24.7. The van der Waals surface area contributed by atoms with Crippen LogP contribution in [0.1, 0.15) is 78.2 Å². The molecule has 0 spiro atoms. The first-order valence-electron chi connectivity index (χ1n) is 13.4. The average Bonchev–Trinajstić information content (AvgIpc) is 3.63. The molecule has 36 heavy (non-hydrogen) atoms. The number of methoxy groups -OCH3 is 1. The number of rotatable bonds is 10. The van der Waals surface area contributed by atoms with Crippen molar-refractivity contribution >= 4 is 19.4 Å². The summed E-state index contributed by atoms with van der Waals surface area (Å²) in [6.45, 7) is 3.91. The van der Waals surface area contributed by atoms with Crippen LogP contribution in [0.3, 0.4) is 0 Å². The summed E-state index contributed by atoms with van der Waals surface area (Å²) in [6.07, 6.45) is 7.12. The first-order valence-corrected chi connectivity index (χ1v) is 15.2. The van der Waals surface area contributed by atoms with Crippen molar-refractivity contribution in [3.63, 3.8) is 0 Å². The number of aryl methyl sites for hydroxylation is 2. The third kappa shape index (κ3) is 6.12. The van der Waals surface area contributed by atoms with E-state index in [2.05, 4.69) is 79.7 Å². The predicted molar refractivity (Wildman–Crippen MR) is 147 cm³/mol. The zero-order valence-electron chi connectivity index (χ0n) is 21.5. The van der Waals surface area contributed by atoms with Gasteiger partial charge in [0.05, 0.1) is 0 Å². The molecule has 4 heteroatoms. The number of ether oxygens (including phenoxy) is 3. The molecule has 190 valence electrons. The predicted octanol–water partition coefficient (Wildman–Crippen LogP) is 6.84. The summed E-state index contributed by atoms with van der Waals surface area (Å²) >= 11 is 0.199. The maximum absolute atomic E-state index is 6.27. The van der Waals surface area contributed by atoms with Gasteiger partial charge in [0.15, 0.2) is 0 Å². The summed E-state index contributed by atoms with van der Waals surface area (Å²) in [4.78, 5) is 0.396. The Morgan fingerprint density at radius 3 is 2.11 bits per heavy atom. The van der Waals surface area contributed by atoms with E-state index in [-0.39, 0.29) is 33.3 Å². The molecule has 0 radical (unpaired) electrons. The molecule has 2 aliphatic heterocycles. The van der Waals surface area contributed by atoms with Crippen LogP contribution in [0, 0.1) is 6.92 Å². The van der Waals surface area contributed by atoms with Crippen molar-refractivity contribution in [1.82, 2.24) is 0 Å². The van der Waals surface area contributed by atoms with Crippen LogP contribution in [0.15, 0.2) is 72.8 Å². The second kappa shape index (κ2) is 12.5. The zero-order valence-corrected chi connectivity index (χ0v) is 23.2. The number of hydrogen-bond donors (Lipinski definition) is 0. The Labute approximate surface area is 222 Å². The third-order valence-electron chi connectivity index (χ3n) is 7.42. The Hall–Kier alpha value is -1.94. The first-order chi connectivity index (χ1) is 17.7. The first kappa shape index (κ1) is 25.7. The van der Waals surface area contributed by atoms with E-state index in [1.165, 1.54) is 32.3 Å². The van der Waals surface area contributed by atoms with Gasteiger partial charge in [-0.2, -0.15) is 0 Å². The second-order valence-corrected chi connectivity index (χ2v) is 12.6. The van der Waals surface area contributed by atoms with E-state index in [1.54, 1.807) is 0 Å². The molecule has 0 aromatic heterocycles. The normalized spacial score (nSPS) is 21.5. The van der Waals surface area contributed by atoms with E-state index in [0.717, 1.165) is 51.7 Å². The summed E-state index contributed by atoms with van der Waals surface area (Å²) in [6, 6.07) is 26.6. The molecule has 2 aliphatic rings. The van der Waals surface area contributed by atoms with E-state index < -0.39 is 0 Å². The Morgan fingerprint density at radius 1 is 0.861 bits per heavy atom. The van der Waals surface area contributed by atoms with Crippen LogP contribution < -0.4 is 4.46 Å². The van der Waals surface area contributed by atoms with Crippen LogP contribution in [-0.4, -0.2) is 35.3 Å². The molecule has 3 aromatic rings. The van der Waals surface area contributed by atoms with E-state index >= 15 is 0 Å². The van der Waals surface area contributed by atoms with Crippen LogP contribution in [0.5, 0.6) is 0 Å². The molecule has 0 saturated carbocycles. The van der Waals surface area contributed by atoms with Gasteiger partial charge in [0, 0.05) is 0 Å². The Kier molecular flexibility index (Phi) is 8.95. The van der Waals surface area contributed by atoms with Crippen molar-refractivity contribution in [3.05, 3.63) is 101 Å². The van der Waals surface area contributed by atoms with Gasteiger partial charge in [0.1, 0.15) is 0 Å². The van der Waals surface area contributed by atoms with Crippen molar-refractivity contribution < 1.29 is 14.2 Å². The number of benzene rings is 3. The van der Waals surface area contributed by atoms with Gasteiger partial charge in [0.2, 0.25) is 0 Å². The molecule has 0 unspecified atom stereocenters. The third-order valence-corrected chi connectivity index (χ3v) is 10.5. The van der Waals surface area contributed by atoms with Crippen LogP contribution in [-0.2, 0) is 20.6 Å². The summed E-state index contributed by atoms with van der Waals surface area (Å²) < 4.78 is 20.2. The van der Waals surface area contributed by atoms with E-state index in [0.29, 0.717) is 4.82 Å². The fraction of sp³-hybridized carbons (Fsp3) is 0.438. The van der Waals surface area contributed by atoms with Crippen molar-refractivity contribution in [2.24, 2.45) is 0 Å². The van der Waals surface area contributed by atoms with Crippen molar-refractivity contribution in [2.45, 2.75) is 68.6 Å². The second-order valence-electron chi connectivity index (χ2n) is 10.0. The molecule has 0 amide bonds. The average molecular weight is 550 g/mol. The molecule has 0 bridgehead atoms. The van der Waals surface area contributed by atoms with Crippen molar-refractivity contribution in [2.75, 3.05) is 20.3 Å². The van der Waals surface area contributed by atoms with E-state index in [1.807, 2.05) is 7.11 Å². The van der Waals surface area contributed by atoms with Crippen LogP contribution in [0.4, 0.5) is 0 Å². The fourth-order valence-electron chi connectivity index (χ4n) is 5.61. The molecule has 5 rings (SSSR count). The maximum atomic E-state index is 6.27. The van der Waals surface area contributed by atoms with Gasteiger partial charge in [-0.25, -0.2) is 0 Å². The molecule has 2 saturated heterocycles. The minimum atomic E-state index is 0.0610. The van der Waals surface area contributed by atoms with Gasteiger partial charge in [-0.3, -0.25) is 0 Å². The van der Waals surface area contributed by atoms with Gasteiger partial charge < -0.3 is 0 Å². The molecular formula is C32H38O3Se. The van der Waals surface area contributed by atoms with Gasteiger partial charge in [-0.05, 0) is 0 Å². The molecule has 2 fully saturated rings.